The van der Waals surface area contributed by atoms with Crippen LogP contribution in [0.15, 0.2) is 24.3 Å². The van der Waals surface area contributed by atoms with Gasteiger partial charge in [-0.2, -0.15) is 5.10 Å². The Hall–Kier alpha value is -2.44. The molecular formula is C15H15F2N3O2. The monoisotopic (exact) mass is 307 g/mol. The van der Waals surface area contributed by atoms with Crippen molar-refractivity contribution in [3.05, 3.63) is 47.3 Å². The van der Waals surface area contributed by atoms with E-state index in [4.69, 9.17) is 4.74 Å². The van der Waals surface area contributed by atoms with Crippen molar-refractivity contribution in [2.24, 2.45) is 0 Å². The number of carbonyl (C=O) groups is 1. The number of hydrogen-bond donors (Lipinski definition) is 2. The number of nitrogens with zero attached hydrogens (tertiary/aromatic N) is 1. The third-order valence-electron chi connectivity index (χ3n) is 3.58. The molecule has 0 aliphatic heterocycles. The molecule has 116 valence electrons. The number of aromatic amines is 1. The summed E-state index contributed by atoms with van der Waals surface area (Å²) < 4.78 is 31.4. The third-order valence-corrected chi connectivity index (χ3v) is 3.58. The second-order valence-corrected chi connectivity index (χ2v) is 5.24. The zero-order valence-corrected chi connectivity index (χ0v) is 11.7. The molecule has 3 rings (SSSR count). The summed E-state index contributed by atoms with van der Waals surface area (Å²) in [6.07, 6.45) is 3.12. The van der Waals surface area contributed by atoms with Crippen LogP contribution >= 0.6 is 0 Å². The van der Waals surface area contributed by atoms with Gasteiger partial charge in [-0.25, -0.2) is 8.78 Å². The molecule has 5 nitrogen and oxygen atoms in total. The maximum absolute atomic E-state index is 13.4. The minimum Gasteiger partial charge on any atom is -0.484 e. The van der Waals surface area contributed by atoms with Gasteiger partial charge in [-0.15, -0.1) is 0 Å². The van der Waals surface area contributed by atoms with E-state index < -0.39 is 11.6 Å². The standard InChI is InChI=1S/C15H15F2N3O2/c16-9-4-5-14(12(17)6-9)22-8-11-7-13(20-19-11)15(21)18-10-2-1-3-10/h4-7,10H,1-3,8H2,(H,18,21)(H,19,20). The summed E-state index contributed by atoms with van der Waals surface area (Å²) in [4.78, 5) is 11.9. The number of nitrogens with one attached hydrogen (secondary N) is 2. The lowest BCUT2D eigenvalue weighted by Crippen LogP contribution is -2.39. The number of benzene rings is 1. The van der Waals surface area contributed by atoms with Crippen LogP contribution < -0.4 is 10.1 Å². The highest BCUT2D eigenvalue weighted by molar-refractivity contribution is 5.92. The average Bonchev–Trinajstić information content (AvgIpc) is 2.91. The van der Waals surface area contributed by atoms with E-state index in [-0.39, 0.29) is 30.0 Å². The zero-order chi connectivity index (χ0) is 15.5. The molecule has 1 aliphatic rings. The van der Waals surface area contributed by atoms with E-state index in [0.717, 1.165) is 31.4 Å². The van der Waals surface area contributed by atoms with Crippen molar-refractivity contribution in [2.45, 2.75) is 31.9 Å². The van der Waals surface area contributed by atoms with Crippen LogP contribution in [-0.2, 0) is 6.61 Å². The van der Waals surface area contributed by atoms with Crippen molar-refractivity contribution in [1.82, 2.24) is 15.5 Å². The predicted molar refractivity (Wildman–Crippen MR) is 74.4 cm³/mol. The SMILES string of the molecule is O=C(NC1CCC1)c1cc(COc2ccc(F)cc2F)[nH]n1. The number of H-pyrrole nitrogens is 1. The van der Waals surface area contributed by atoms with Gasteiger partial charge < -0.3 is 10.1 Å². The van der Waals surface area contributed by atoms with Gasteiger partial charge in [0.2, 0.25) is 0 Å². The number of halogens is 2. The molecule has 2 aromatic rings. The van der Waals surface area contributed by atoms with E-state index in [1.807, 2.05) is 0 Å². The minimum atomic E-state index is -0.775. The van der Waals surface area contributed by atoms with Crippen LogP contribution in [0.1, 0.15) is 35.4 Å². The van der Waals surface area contributed by atoms with Gasteiger partial charge in [-0.3, -0.25) is 9.89 Å². The highest BCUT2D eigenvalue weighted by Crippen LogP contribution is 2.20. The van der Waals surface area contributed by atoms with E-state index in [1.165, 1.54) is 6.07 Å². The molecule has 1 aromatic carbocycles. The first-order valence-electron chi connectivity index (χ1n) is 7.05. The first-order valence-corrected chi connectivity index (χ1v) is 7.05. The summed E-state index contributed by atoms with van der Waals surface area (Å²) in [6.45, 7) is 0.00621. The Labute approximate surface area is 125 Å². The normalized spacial score (nSPS) is 14.5. The first-order chi connectivity index (χ1) is 10.6. The molecule has 1 aliphatic carbocycles. The Bertz CT molecular complexity index is 683. The third kappa shape index (κ3) is 3.24. The predicted octanol–water partition coefficient (Wildman–Crippen LogP) is 2.55. The van der Waals surface area contributed by atoms with E-state index in [0.29, 0.717) is 5.69 Å². The number of aromatic nitrogens is 2. The van der Waals surface area contributed by atoms with Crippen LogP contribution in [0, 0.1) is 11.6 Å². The van der Waals surface area contributed by atoms with Crippen LogP contribution in [0.4, 0.5) is 8.78 Å². The van der Waals surface area contributed by atoms with Gasteiger partial charge in [0, 0.05) is 12.1 Å². The highest BCUT2D eigenvalue weighted by atomic mass is 19.1. The van der Waals surface area contributed by atoms with E-state index >= 15 is 0 Å². The molecule has 0 radical (unpaired) electrons. The Balaban J connectivity index is 1.58. The number of rotatable bonds is 5. The Morgan fingerprint density at radius 3 is 2.86 bits per heavy atom. The number of carbonyl (C=O) groups excluding carboxylic acids is 1. The van der Waals surface area contributed by atoms with E-state index in [1.54, 1.807) is 6.07 Å². The molecule has 0 unspecified atom stereocenters. The zero-order valence-electron chi connectivity index (χ0n) is 11.7. The fraction of sp³-hybridized carbons (Fsp3) is 0.333. The van der Waals surface area contributed by atoms with Crippen molar-refractivity contribution >= 4 is 5.91 Å². The summed E-state index contributed by atoms with van der Waals surface area (Å²) in [5.41, 5.74) is 0.799. The fourth-order valence-electron chi connectivity index (χ4n) is 2.11. The molecule has 2 N–H and O–H groups in total. The lowest BCUT2D eigenvalue weighted by atomic mass is 9.93. The maximum atomic E-state index is 13.4. The van der Waals surface area contributed by atoms with Crippen LogP contribution in [-0.4, -0.2) is 22.1 Å². The molecule has 0 saturated heterocycles. The second-order valence-electron chi connectivity index (χ2n) is 5.24. The molecular weight excluding hydrogens is 292 g/mol. The van der Waals surface area contributed by atoms with Crippen molar-refractivity contribution in [3.63, 3.8) is 0 Å². The van der Waals surface area contributed by atoms with Gasteiger partial charge in [0.05, 0.1) is 5.69 Å². The molecule has 1 fully saturated rings. The van der Waals surface area contributed by atoms with Gasteiger partial charge in [0.1, 0.15) is 18.1 Å². The van der Waals surface area contributed by atoms with Crippen molar-refractivity contribution in [1.29, 1.82) is 0 Å². The molecule has 22 heavy (non-hydrogen) atoms. The summed E-state index contributed by atoms with van der Waals surface area (Å²) in [7, 11) is 0. The van der Waals surface area contributed by atoms with Gasteiger partial charge in [-0.05, 0) is 37.5 Å². The van der Waals surface area contributed by atoms with Crippen molar-refractivity contribution < 1.29 is 18.3 Å². The lowest BCUT2D eigenvalue weighted by Gasteiger charge is -2.25. The highest BCUT2D eigenvalue weighted by Gasteiger charge is 2.21. The summed E-state index contributed by atoms with van der Waals surface area (Å²) in [5, 5.41) is 9.44. The Morgan fingerprint density at radius 1 is 1.36 bits per heavy atom. The van der Waals surface area contributed by atoms with Crippen LogP contribution in [0.2, 0.25) is 0 Å². The lowest BCUT2D eigenvalue weighted by molar-refractivity contribution is 0.0912. The van der Waals surface area contributed by atoms with Gasteiger partial charge in [0.25, 0.3) is 5.91 Å². The topological polar surface area (TPSA) is 67.0 Å². The smallest absolute Gasteiger partial charge is 0.271 e. The molecule has 0 spiro atoms. The summed E-state index contributed by atoms with van der Waals surface area (Å²) in [5.74, 6) is -1.74. The van der Waals surface area contributed by atoms with Gasteiger partial charge in [-0.1, -0.05) is 0 Å². The Morgan fingerprint density at radius 2 is 2.18 bits per heavy atom. The number of ether oxygens (including phenoxy) is 1. The number of amides is 1. The fourth-order valence-corrected chi connectivity index (χ4v) is 2.11. The molecule has 0 atom stereocenters. The van der Waals surface area contributed by atoms with Gasteiger partial charge >= 0.3 is 0 Å². The van der Waals surface area contributed by atoms with Crippen LogP contribution in [0.3, 0.4) is 0 Å². The quantitative estimate of drug-likeness (QED) is 0.892. The minimum absolute atomic E-state index is 0.00621. The van der Waals surface area contributed by atoms with Crippen molar-refractivity contribution in [3.8, 4) is 5.75 Å². The average molecular weight is 307 g/mol. The molecule has 7 heteroatoms. The van der Waals surface area contributed by atoms with E-state index in [2.05, 4.69) is 15.5 Å². The molecule has 1 heterocycles. The largest absolute Gasteiger partial charge is 0.484 e. The Kier molecular flexibility index (Phi) is 4.04. The molecule has 0 bridgehead atoms. The molecule has 1 amide bonds. The first kappa shape index (κ1) is 14.5. The van der Waals surface area contributed by atoms with E-state index in [9.17, 15) is 13.6 Å². The second kappa shape index (κ2) is 6.13. The molecule has 1 saturated carbocycles. The van der Waals surface area contributed by atoms with Crippen LogP contribution in [0.25, 0.3) is 0 Å². The van der Waals surface area contributed by atoms with Gasteiger partial charge in [0.15, 0.2) is 11.6 Å². The summed E-state index contributed by atoms with van der Waals surface area (Å²) >= 11 is 0. The van der Waals surface area contributed by atoms with Crippen molar-refractivity contribution in [2.75, 3.05) is 0 Å². The maximum Gasteiger partial charge on any atom is 0.271 e. The molecule has 1 aromatic heterocycles. The number of hydrogen-bond acceptors (Lipinski definition) is 3. The van der Waals surface area contributed by atoms with Crippen LogP contribution in [0.5, 0.6) is 5.75 Å². The summed E-state index contributed by atoms with van der Waals surface area (Å²) in [6, 6.07) is 4.86.